The molecule has 8 aliphatic carbocycles. The Bertz CT molecular complexity index is 2880. The number of hydrogen-bond acceptors (Lipinski definition) is 9. The monoisotopic (exact) mass is 927 g/mol. The number of ether oxygens (including phenoxy) is 6. The number of nitrogens with one attached hydrogen (secondary N) is 2. The van der Waals surface area contributed by atoms with Crippen molar-refractivity contribution in [2.24, 2.45) is 0 Å². The van der Waals surface area contributed by atoms with Gasteiger partial charge < -0.3 is 28.4 Å². The van der Waals surface area contributed by atoms with Gasteiger partial charge in [-0.1, -0.05) is 90.9 Å². The molecular weight excluding hydrogens is 867 g/mol. The van der Waals surface area contributed by atoms with Crippen molar-refractivity contribution in [2.75, 3.05) is 7.05 Å². The lowest BCUT2D eigenvalue weighted by molar-refractivity contribution is 0.0178. The molecule has 70 heavy (non-hydrogen) atoms. The highest BCUT2D eigenvalue weighted by Gasteiger charge is 2.57. The fourth-order valence-corrected chi connectivity index (χ4v) is 16.3. The lowest BCUT2D eigenvalue weighted by atomic mass is 9.24. The van der Waals surface area contributed by atoms with Crippen molar-refractivity contribution in [3.8, 4) is 5.75 Å². The number of benzene rings is 1. The molecule has 1 aromatic carbocycles. The molecule has 4 fully saturated rings. The molecule has 1 aromatic rings. The fourth-order valence-electron chi connectivity index (χ4n) is 16.3. The summed E-state index contributed by atoms with van der Waals surface area (Å²) in [5, 5.41) is 8.45. The molecule has 4 saturated heterocycles. The second kappa shape index (κ2) is 16.0. The van der Waals surface area contributed by atoms with Gasteiger partial charge in [0.25, 0.3) is 0 Å². The van der Waals surface area contributed by atoms with Crippen LogP contribution in [0, 0.1) is 0 Å². The highest BCUT2D eigenvalue weighted by molar-refractivity contribution is 6.83. The van der Waals surface area contributed by atoms with E-state index in [-0.39, 0.29) is 67.0 Å². The van der Waals surface area contributed by atoms with E-state index < -0.39 is 0 Å². The average Bonchev–Trinajstić information content (AvgIpc) is 3.40. The van der Waals surface area contributed by atoms with Crippen LogP contribution >= 0.6 is 0 Å². The predicted octanol–water partition coefficient (Wildman–Crippen LogP) is 9.15. The van der Waals surface area contributed by atoms with Gasteiger partial charge in [0.2, 0.25) is 13.4 Å². The minimum absolute atomic E-state index is 0.00697. The molecule has 352 valence electrons. The maximum atomic E-state index is 7.14. The average molecular weight is 928 g/mol. The number of likely N-dealkylation sites (N-methyl/N-ethyl adjacent to an activating group) is 1. The van der Waals surface area contributed by atoms with Crippen LogP contribution in [-0.2, 0) is 23.7 Å². The zero-order valence-corrected chi connectivity index (χ0v) is 39.9. The SMILES string of the molecule is CN1C(C2=CC3OC4=C5B(C6C=CC=CC6OC5CC=C4)C3CC2)NC(C2=CC3=C(CC2)B2C4C=CC=CC4OC4=CCCC(O3)C24)NC1c1ccc2c(c1)OC1=C3B2C2CCC=CC2OC3CC=C1. The number of rotatable bonds is 3. The van der Waals surface area contributed by atoms with E-state index in [1.165, 1.54) is 38.6 Å². The predicted molar refractivity (Wildman–Crippen MR) is 274 cm³/mol. The van der Waals surface area contributed by atoms with Gasteiger partial charge in [0.05, 0.1) is 48.7 Å². The molecule has 7 aliphatic heterocycles. The first kappa shape index (κ1) is 41.6. The first-order valence-corrected chi connectivity index (χ1v) is 27.0. The quantitative estimate of drug-likeness (QED) is 0.228. The van der Waals surface area contributed by atoms with E-state index in [2.05, 4.69) is 144 Å². The highest BCUT2D eigenvalue weighted by Crippen LogP contribution is 2.56. The maximum Gasteiger partial charge on any atom is 0.223 e. The zero-order valence-electron chi connectivity index (χ0n) is 39.9. The van der Waals surface area contributed by atoms with Crippen LogP contribution in [0.2, 0.25) is 29.1 Å². The second-order valence-corrected chi connectivity index (χ2v) is 22.7. The van der Waals surface area contributed by atoms with Crippen LogP contribution in [0.15, 0.2) is 172 Å². The molecule has 0 spiro atoms. The minimum Gasteiger partial charge on any atom is -0.491 e. The van der Waals surface area contributed by atoms with Gasteiger partial charge in [0.1, 0.15) is 41.3 Å². The van der Waals surface area contributed by atoms with Gasteiger partial charge >= 0.3 is 0 Å². The van der Waals surface area contributed by atoms with Crippen molar-refractivity contribution < 1.29 is 28.4 Å². The van der Waals surface area contributed by atoms with E-state index >= 15 is 0 Å². The zero-order chi connectivity index (χ0) is 45.8. The van der Waals surface area contributed by atoms with Gasteiger partial charge in [-0.25, -0.2) is 0 Å². The lowest BCUT2D eigenvalue weighted by Gasteiger charge is -2.52. The van der Waals surface area contributed by atoms with Gasteiger partial charge in [-0.2, -0.15) is 0 Å². The van der Waals surface area contributed by atoms with Crippen LogP contribution < -0.4 is 20.8 Å². The van der Waals surface area contributed by atoms with E-state index in [0.717, 1.165) is 93.0 Å². The van der Waals surface area contributed by atoms with E-state index in [0.29, 0.717) is 43.4 Å². The first-order valence-electron chi connectivity index (χ1n) is 27.0. The Morgan fingerprint density at radius 1 is 0.657 bits per heavy atom. The lowest BCUT2D eigenvalue weighted by Crippen LogP contribution is -2.65. The number of hydrogen-bond donors (Lipinski definition) is 2. The van der Waals surface area contributed by atoms with Crippen LogP contribution in [0.25, 0.3) is 0 Å². The molecular formula is C58H60B3N3O6. The van der Waals surface area contributed by atoms with Crippen molar-refractivity contribution >= 4 is 25.6 Å². The summed E-state index contributed by atoms with van der Waals surface area (Å²) in [6.07, 6.45) is 49.5. The molecule has 15 aliphatic rings. The van der Waals surface area contributed by atoms with Crippen LogP contribution in [0.5, 0.6) is 5.75 Å². The molecule has 2 N–H and O–H groups in total. The molecule has 0 saturated carbocycles. The van der Waals surface area contributed by atoms with Crippen LogP contribution in [0.3, 0.4) is 0 Å². The summed E-state index contributed by atoms with van der Waals surface area (Å²) in [5.41, 5.74) is 9.51. The van der Waals surface area contributed by atoms with Gasteiger partial charge in [0.15, 0.2) is 6.71 Å². The molecule has 0 aromatic heterocycles. The second-order valence-electron chi connectivity index (χ2n) is 22.7. The normalized spacial score (nSPS) is 40.8. The molecule has 15 unspecified atom stereocenters. The summed E-state index contributed by atoms with van der Waals surface area (Å²) < 4.78 is 41.4. The minimum atomic E-state index is -0.0951. The Morgan fingerprint density at radius 3 is 2.39 bits per heavy atom. The van der Waals surface area contributed by atoms with Crippen molar-refractivity contribution in [3.63, 3.8) is 0 Å². The topological polar surface area (TPSA) is 82.7 Å². The third kappa shape index (κ3) is 6.25. The van der Waals surface area contributed by atoms with Gasteiger partial charge in [-0.15, -0.1) is 0 Å². The molecule has 0 amide bonds. The third-order valence-corrected chi connectivity index (χ3v) is 19.3. The Kier molecular flexibility index (Phi) is 9.53. The summed E-state index contributed by atoms with van der Waals surface area (Å²) in [6, 6.07) is 7.15. The highest BCUT2D eigenvalue weighted by atomic mass is 16.5. The standard InChI is InChI=1S/C58H60B3N3O6/c1-64-57(33-24-27-39-51(30-33)69-48-21-9-18-45-54(48)60(39)36-12-3-6-15-42(36)66-45)62-56(32-23-26-38-50(29-32)68-47-20-8-17-44-53(47)59(38)35-11-2-5-14-41(35)65-44)63-58(64)34-25-28-40-52(31-34)70-49-22-10-19-46-55(49)61(40)37-13-4-7-16-43(37)67-46/h2-3,5-7,9-12,14-17,21-22,25,28-31,35-37,39,41-43,45-47,51,53,56-58,62-63H,4,8,13,18-20,23-24,26-27H2,1H3. The number of allylic oxidation sites excluding steroid dienone is 10. The third-order valence-electron chi connectivity index (χ3n) is 19.3. The summed E-state index contributed by atoms with van der Waals surface area (Å²) in [7, 11) is 2.30. The number of nitrogens with zero attached hydrogens (tertiary/aromatic N) is 1. The fraction of sp³-hybridized carbons (Fsp3) is 0.448. The van der Waals surface area contributed by atoms with Crippen LogP contribution in [0.4, 0.5) is 0 Å². The molecule has 7 heterocycles. The smallest absolute Gasteiger partial charge is 0.223 e. The Hall–Kier alpha value is -4.97. The summed E-state index contributed by atoms with van der Waals surface area (Å²) in [5.74, 6) is 7.01. The van der Waals surface area contributed by atoms with E-state index in [4.69, 9.17) is 28.4 Å². The Balaban J connectivity index is 0.772. The van der Waals surface area contributed by atoms with E-state index in [9.17, 15) is 0 Å². The van der Waals surface area contributed by atoms with Crippen molar-refractivity contribution in [1.29, 1.82) is 0 Å². The maximum absolute atomic E-state index is 7.14. The van der Waals surface area contributed by atoms with Gasteiger partial charge in [-0.05, 0) is 158 Å². The van der Waals surface area contributed by atoms with E-state index in [1.54, 1.807) is 0 Å². The van der Waals surface area contributed by atoms with Crippen LogP contribution in [0.1, 0.15) is 75.9 Å². The molecule has 16 rings (SSSR count). The van der Waals surface area contributed by atoms with Gasteiger partial charge in [-0.3, -0.25) is 15.5 Å². The van der Waals surface area contributed by atoms with Crippen molar-refractivity contribution in [3.05, 3.63) is 178 Å². The number of fused-ring (bicyclic) bond motifs is 11. The molecule has 15 atom stereocenters. The van der Waals surface area contributed by atoms with Crippen molar-refractivity contribution in [1.82, 2.24) is 15.5 Å². The first-order chi connectivity index (χ1) is 34.6. The summed E-state index contributed by atoms with van der Waals surface area (Å²) in [6.45, 7) is 1.09. The molecule has 12 heteroatoms. The molecule has 9 nitrogen and oxygen atoms in total. The summed E-state index contributed by atoms with van der Waals surface area (Å²) in [4.78, 5) is 2.53. The Labute approximate surface area is 412 Å². The molecule has 0 bridgehead atoms. The largest absolute Gasteiger partial charge is 0.491 e. The summed E-state index contributed by atoms with van der Waals surface area (Å²) >= 11 is 0. The Morgan fingerprint density at radius 2 is 1.47 bits per heavy atom. The van der Waals surface area contributed by atoms with Gasteiger partial charge in [0, 0.05) is 11.6 Å². The van der Waals surface area contributed by atoms with E-state index in [1.807, 2.05) is 0 Å². The molecule has 0 radical (unpaired) electrons. The van der Waals surface area contributed by atoms with Crippen molar-refractivity contribution in [2.45, 2.75) is 155 Å². The van der Waals surface area contributed by atoms with Crippen LogP contribution in [-0.4, -0.2) is 87.1 Å².